The lowest BCUT2D eigenvalue weighted by atomic mass is 9.85. The van der Waals surface area contributed by atoms with Gasteiger partial charge in [-0.15, -0.1) is 0 Å². The lowest BCUT2D eigenvalue weighted by Crippen LogP contribution is -1.99. The number of hydrogen-bond donors (Lipinski definition) is 2. The number of hydrogen-bond acceptors (Lipinski definition) is 2. The van der Waals surface area contributed by atoms with Crippen LogP contribution in [0, 0.1) is 13.8 Å². The number of nitrogens with one attached hydrogen (secondary N) is 2. The Labute approximate surface area is 401 Å². The van der Waals surface area contributed by atoms with Gasteiger partial charge >= 0.3 is 0 Å². The lowest BCUT2D eigenvalue weighted by Gasteiger charge is -2.22. The maximum absolute atomic E-state index is 3.86. The van der Waals surface area contributed by atoms with Gasteiger partial charge in [0.1, 0.15) is 0 Å². The molecule has 0 unspecified atom stereocenters. The molecule has 68 heavy (non-hydrogen) atoms. The maximum Gasteiger partial charge on any atom is 0.0470 e. The first-order valence-electron chi connectivity index (χ1n) is 23.3. The van der Waals surface area contributed by atoms with Gasteiger partial charge < -0.3 is 10.6 Å². The van der Waals surface area contributed by atoms with Crippen molar-refractivity contribution in [2.24, 2.45) is 0 Å². The van der Waals surface area contributed by atoms with Gasteiger partial charge in [0.25, 0.3) is 0 Å². The monoisotopic (exact) mass is 872 g/mol. The first kappa shape index (κ1) is 43.2. The van der Waals surface area contributed by atoms with Crippen LogP contribution < -0.4 is 10.6 Å². The maximum atomic E-state index is 3.86. The highest BCUT2D eigenvalue weighted by molar-refractivity contribution is 6.02. The average molecular weight is 873 g/mol. The van der Waals surface area contributed by atoms with Crippen LogP contribution in [0.3, 0.4) is 0 Å². The molecular weight excluding hydrogens is 821 g/mol. The molecule has 10 aromatic rings. The van der Waals surface area contributed by atoms with Crippen LogP contribution in [0.1, 0.15) is 44.5 Å². The summed E-state index contributed by atoms with van der Waals surface area (Å²) in [6.07, 6.45) is 4.60. The zero-order valence-corrected chi connectivity index (χ0v) is 38.4. The molecule has 0 saturated carbocycles. The average Bonchev–Trinajstić information content (AvgIpc) is 3.40. The smallest absolute Gasteiger partial charge is 0.0470 e. The molecule has 0 fully saturated rings. The Morgan fingerprint density at radius 2 is 0.632 bits per heavy atom. The van der Waals surface area contributed by atoms with Gasteiger partial charge in [-0.05, 0) is 141 Å². The second kappa shape index (κ2) is 20.2. The first-order valence-corrected chi connectivity index (χ1v) is 23.3. The van der Waals surface area contributed by atoms with Crippen molar-refractivity contribution in [2.45, 2.75) is 13.8 Å². The molecule has 0 radical (unpaired) electrons. The fraction of sp³-hybridized carbons (Fsp3) is 0.0303. The molecule has 0 aliphatic heterocycles. The van der Waals surface area contributed by atoms with Gasteiger partial charge in [-0.3, -0.25) is 0 Å². The van der Waals surface area contributed by atoms with Crippen LogP contribution in [0.5, 0.6) is 0 Å². The van der Waals surface area contributed by atoms with Crippen LogP contribution >= 0.6 is 0 Å². The number of aryl methyl sites for hydroxylation is 2. The second-order valence-corrected chi connectivity index (χ2v) is 17.3. The van der Waals surface area contributed by atoms with Gasteiger partial charge in [0, 0.05) is 28.3 Å². The van der Waals surface area contributed by atoms with E-state index in [2.05, 4.69) is 291 Å². The van der Waals surface area contributed by atoms with E-state index in [4.69, 9.17) is 0 Å². The van der Waals surface area contributed by atoms with Crippen molar-refractivity contribution in [2.75, 3.05) is 10.6 Å². The Morgan fingerprint density at radius 1 is 0.294 bits per heavy atom. The molecule has 10 rings (SSSR count). The van der Waals surface area contributed by atoms with Crippen molar-refractivity contribution in [1.82, 2.24) is 0 Å². The summed E-state index contributed by atoms with van der Waals surface area (Å²) in [6.45, 7) is 4.24. The van der Waals surface area contributed by atoms with Crippen molar-refractivity contribution in [3.63, 3.8) is 0 Å². The normalized spacial score (nSPS) is 10.8. The van der Waals surface area contributed by atoms with Crippen LogP contribution in [0.25, 0.3) is 56.7 Å². The van der Waals surface area contributed by atoms with E-state index in [1.165, 1.54) is 44.5 Å². The lowest BCUT2D eigenvalue weighted by molar-refractivity contribution is 1.45. The third-order valence-corrected chi connectivity index (χ3v) is 12.4. The van der Waals surface area contributed by atoms with E-state index in [9.17, 15) is 0 Å². The van der Waals surface area contributed by atoms with E-state index < -0.39 is 0 Å². The highest BCUT2D eigenvalue weighted by Gasteiger charge is 2.20. The molecular formula is C66H52N2. The van der Waals surface area contributed by atoms with Crippen LogP contribution in [-0.2, 0) is 0 Å². The van der Waals surface area contributed by atoms with Crippen LogP contribution in [-0.4, -0.2) is 0 Å². The largest absolute Gasteiger partial charge is 0.356 e. The Kier molecular flexibility index (Phi) is 12.8. The summed E-state index contributed by atoms with van der Waals surface area (Å²) in [5.74, 6) is 0. The van der Waals surface area contributed by atoms with Gasteiger partial charge in [-0.2, -0.15) is 0 Å². The minimum atomic E-state index is 1.03. The third kappa shape index (κ3) is 10.1. The summed E-state index contributed by atoms with van der Waals surface area (Å²) in [4.78, 5) is 0. The zero-order chi connectivity index (χ0) is 46.1. The van der Waals surface area contributed by atoms with Gasteiger partial charge in [0.2, 0.25) is 0 Å². The molecule has 2 nitrogen and oxygen atoms in total. The van der Waals surface area contributed by atoms with Crippen LogP contribution in [0.2, 0.25) is 0 Å². The standard InChI is InChI=1S/C66H52N2/c1-47-23-37-58(38-24-47)67-59-41-35-55(36-42-59)61-43-44-64(68-60-39-25-48(2)26-40-60)66(57-33-29-50(30-34-57)46-63(53-19-11-5-12-20-53)54-21-13-6-14-22-54)65(61)56-31-27-49(28-32-56)45-62(51-15-7-3-8-16-51)52-17-9-4-10-18-52/h3-46,67-68H,1-2H3. The molecule has 2 heteroatoms. The molecule has 0 saturated heterocycles. The summed E-state index contributed by atoms with van der Waals surface area (Å²) < 4.78 is 0. The Bertz CT molecular complexity index is 3220. The minimum Gasteiger partial charge on any atom is -0.356 e. The van der Waals surface area contributed by atoms with E-state index in [1.54, 1.807) is 0 Å². The number of rotatable bonds is 13. The van der Waals surface area contributed by atoms with Crippen molar-refractivity contribution in [3.8, 4) is 33.4 Å². The molecule has 2 N–H and O–H groups in total. The van der Waals surface area contributed by atoms with Gasteiger partial charge in [-0.25, -0.2) is 0 Å². The molecule has 0 spiro atoms. The van der Waals surface area contributed by atoms with E-state index in [1.807, 2.05) is 0 Å². The number of anilines is 4. The predicted molar refractivity (Wildman–Crippen MR) is 291 cm³/mol. The number of benzene rings is 10. The molecule has 0 aliphatic rings. The Morgan fingerprint density at radius 3 is 1.03 bits per heavy atom. The summed E-state index contributed by atoms with van der Waals surface area (Å²) in [7, 11) is 0. The van der Waals surface area contributed by atoms with Gasteiger partial charge in [-0.1, -0.05) is 223 Å². The Balaban J connectivity index is 1.13. The Hall–Kier alpha value is -8.72. The van der Waals surface area contributed by atoms with Crippen molar-refractivity contribution in [3.05, 3.63) is 299 Å². The van der Waals surface area contributed by atoms with Crippen molar-refractivity contribution in [1.29, 1.82) is 0 Å². The van der Waals surface area contributed by atoms with E-state index in [0.29, 0.717) is 0 Å². The second-order valence-electron chi connectivity index (χ2n) is 17.3. The van der Waals surface area contributed by atoms with Crippen molar-refractivity contribution >= 4 is 46.0 Å². The molecule has 326 valence electrons. The molecule has 0 amide bonds. The van der Waals surface area contributed by atoms with E-state index in [0.717, 1.165) is 67.3 Å². The quantitative estimate of drug-likeness (QED) is 0.113. The van der Waals surface area contributed by atoms with E-state index in [-0.39, 0.29) is 0 Å². The molecule has 0 atom stereocenters. The molecule has 0 aromatic heterocycles. The molecule has 0 bridgehead atoms. The zero-order valence-electron chi connectivity index (χ0n) is 38.4. The first-order chi connectivity index (χ1) is 33.5. The highest BCUT2D eigenvalue weighted by Crippen LogP contribution is 2.46. The van der Waals surface area contributed by atoms with Crippen molar-refractivity contribution < 1.29 is 0 Å². The summed E-state index contributed by atoms with van der Waals surface area (Å²) in [5.41, 5.74) is 22.8. The SMILES string of the molecule is Cc1ccc(Nc2ccc(-c3ccc(Nc4ccc(C)cc4)c(-c4ccc(C=C(c5ccccc5)c5ccccc5)cc4)c3-c3ccc(C=C(c4ccccc4)c4ccccc4)cc3)cc2)cc1. The third-order valence-electron chi connectivity index (χ3n) is 12.4. The van der Waals surface area contributed by atoms with Crippen LogP contribution in [0.15, 0.2) is 255 Å². The molecule has 0 heterocycles. The fourth-order valence-corrected chi connectivity index (χ4v) is 8.84. The predicted octanol–water partition coefficient (Wildman–Crippen LogP) is 18.0. The van der Waals surface area contributed by atoms with E-state index >= 15 is 0 Å². The highest BCUT2D eigenvalue weighted by atomic mass is 14.9. The topological polar surface area (TPSA) is 24.1 Å². The summed E-state index contributed by atoms with van der Waals surface area (Å²) >= 11 is 0. The van der Waals surface area contributed by atoms with Gasteiger partial charge in [0.15, 0.2) is 0 Å². The molecule has 0 aliphatic carbocycles. The van der Waals surface area contributed by atoms with Gasteiger partial charge in [0.05, 0.1) is 0 Å². The van der Waals surface area contributed by atoms with Crippen LogP contribution in [0.4, 0.5) is 22.7 Å². The summed E-state index contributed by atoms with van der Waals surface area (Å²) in [5, 5.41) is 7.46. The summed E-state index contributed by atoms with van der Waals surface area (Å²) in [6, 6.07) is 91.3. The fourth-order valence-electron chi connectivity index (χ4n) is 8.84. The minimum absolute atomic E-state index is 1.03. The molecule has 10 aromatic carbocycles.